The average molecular weight is 339 g/mol. The lowest BCUT2D eigenvalue weighted by atomic mass is 10.2. The van der Waals surface area contributed by atoms with Gasteiger partial charge in [0.1, 0.15) is 0 Å². The Kier molecular flexibility index (Phi) is 4.39. The predicted molar refractivity (Wildman–Crippen MR) is 93.8 cm³/mol. The molecule has 0 spiro atoms. The van der Waals surface area contributed by atoms with Gasteiger partial charge >= 0.3 is 5.97 Å². The molecule has 3 aromatic rings. The van der Waals surface area contributed by atoms with Gasteiger partial charge < -0.3 is 10.1 Å². The minimum absolute atomic E-state index is 0.153. The highest BCUT2D eigenvalue weighted by Crippen LogP contribution is 2.17. The standard InChI is InChI=1S/C18H13NO4S/c1-23-17(21)11-6-8-13(9-7-11)19-16(20)15-10-12-4-2-3-5-14(12)18(22)24-15/h2-10H,1H3,(H,19,20). The molecule has 120 valence electrons. The Bertz CT molecular complexity index is 976. The van der Waals surface area contributed by atoms with Gasteiger partial charge in [-0.2, -0.15) is 0 Å². The van der Waals surface area contributed by atoms with Crippen LogP contribution in [0.4, 0.5) is 5.69 Å². The van der Waals surface area contributed by atoms with Crippen molar-refractivity contribution < 1.29 is 14.3 Å². The maximum atomic E-state index is 12.4. The number of amides is 1. The fourth-order valence-corrected chi connectivity index (χ4v) is 3.07. The van der Waals surface area contributed by atoms with E-state index in [0.717, 1.165) is 16.7 Å². The van der Waals surface area contributed by atoms with Crippen molar-refractivity contribution in [3.8, 4) is 0 Å². The number of anilines is 1. The SMILES string of the molecule is COC(=O)c1ccc(NC(=O)c2cc3ccccc3c(=O)s2)cc1. The molecule has 24 heavy (non-hydrogen) atoms. The van der Waals surface area contributed by atoms with Crippen LogP contribution >= 0.6 is 11.3 Å². The van der Waals surface area contributed by atoms with Gasteiger partial charge in [-0.15, -0.1) is 0 Å². The van der Waals surface area contributed by atoms with Gasteiger partial charge in [-0.05, 0) is 41.8 Å². The summed E-state index contributed by atoms with van der Waals surface area (Å²) in [6.45, 7) is 0. The molecule has 0 aliphatic carbocycles. The van der Waals surface area contributed by atoms with Crippen molar-refractivity contribution in [3.63, 3.8) is 0 Å². The number of ether oxygens (including phenoxy) is 1. The number of methoxy groups -OCH3 is 1. The molecule has 1 amide bonds. The third-order valence-corrected chi connectivity index (χ3v) is 4.39. The molecule has 0 bridgehead atoms. The largest absolute Gasteiger partial charge is 0.465 e. The Morgan fingerprint density at radius 3 is 2.46 bits per heavy atom. The maximum absolute atomic E-state index is 12.4. The Labute approximate surface area is 141 Å². The Morgan fingerprint density at radius 2 is 1.75 bits per heavy atom. The number of hydrogen-bond acceptors (Lipinski definition) is 5. The molecule has 0 fully saturated rings. The van der Waals surface area contributed by atoms with Crippen LogP contribution in [0, 0.1) is 0 Å². The molecule has 1 N–H and O–H groups in total. The van der Waals surface area contributed by atoms with E-state index in [4.69, 9.17) is 0 Å². The zero-order chi connectivity index (χ0) is 17.1. The van der Waals surface area contributed by atoms with E-state index in [0.29, 0.717) is 21.5 Å². The second-order valence-electron chi connectivity index (χ2n) is 5.01. The minimum atomic E-state index is -0.444. The number of carbonyl (C=O) groups is 2. The van der Waals surface area contributed by atoms with Crippen LogP contribution in [0.1, 0.15) is 20.0 Å². The molecule has 3 rings (SSSR count). The summed E-state index contributed by atoms with van der Waals surface area (Å²) < 4.78 is 4.47. The topological polar surface area (TPSA) is 72.5 Å². The van der Waals surface area contributed by atoms with Gasteiger partial charge in [0.25, 0.3) is 5.91 Å². The van der Waals surface area contributed by atoms with Gasteiger partial charge in [-0.3, -0.25) is 9.59 Å². The first-order valence-corrected chi connectivity index (χ1v) is 7.93. The first-order chi connectivity index (χ1) is 11.6. The van der Waals surface area contributed by atoms with Crippen molar-refractivity contribution in [1.29, 1.82) is 0 Å². The fraction of sp³-hybridized carbons (Fsp3) is 0.0556. The summed E-state index contributed by atoms with van der Waals surface area (Å²) in [5.41, 5.74) is 0.923. The molecule has 5 nitrogen and oxygen atoms in total. The Morgan fingerprint density at radius 1 is 1.04 bits per heavy atom. The number of esters is 1. The summed E-state index contributed by atoms with van der Waals surface area (Å²) in [4.78, 5) is 36.2. The highest BCUT2D eigenvalue weighted by Gasteiger charge is 2.11. The van der Waals surface area contributed by atoms with E-state index in [1.807, 2.05) is 6.07 Å². The van der Waals surface area contributed by atoms with Crippen LogP contribution < -0.4 is 10.1 Å². The summed E-state index contributed by atoms with van der Waals surface area (Å²) in [6, 6.07) is 15.2. The van der Waals surface area contributed by atoms with Crippen molar-refractivity contribution in [2.45, 2.75) is 0 Å². The lowest BCUT2D eigenvalue weighted by Crippen LogP contribution is -2.13. The molecule has 6 heteroatoms. The average Bonchev–Trinajstić information content (AvgIpc) is 2.61. The van der Waals surface area contributed by atoms with Gasteiger partial charge in [-0.25, -0.2) is 4.79 Å². The maximum Gasteiger partial charge on any atom is 0.337 e. The van der Waals surface area contributed by atoms with E-state index in [-0.39, 0.29) is 10.6 Å². The first-order valence-electron chi connectivity index (χ1n) is 7.11. The quantitative estimate of drug-likeness (QED) is 0.743. The van der Waals surface area contributed by atoms with Crippen LogP contribution in [-0.4, -0.2) is 19.0 Å². The van der Waals surface area contributed by atoms with E-state index in [1.165, 1.54) is 7.11 Å². The summed E-state index contributed by atoms with van der Waals surface area (Å²) in [5, 5.41) is 4.04. The minimum Gasteiger partial charge on any atom is -0.465 e. The lowest BCUT2D eigenvalue weighted by Gasteiger charge is -2.06. The predicted octanol–water partition coefficient (Wildman–Crippen LogP) is 3.30. The molecule has 0 aliphatic rings. The number of fused-ring (bicyclic) bond motifs is 1. The fourth-order valence-electron chi connectivity index (χ4n) is 2.25. The second kappa shape index (κ2) is 6.64. The second-order valence-corrected chi connectivity index (χ2v) is 6.02. The van der Waals surface area contributed by atoms with Gasteiger partial charge in [0, 0.05) is 11.1 Å². The lowest BCUT2D eigenvalue weighted by molar-refractivity contribution is 0.0600. The molecule has 0 atom stereocenters. The van der Waals surface area contributed by atoms with Gasteiger partial charge in [0.15, 0.2) is 0 Å². The zero-order valence-corrected chi connectivity index (χ0v) is 13.6. The van der Waals surface area contributed by atoms with Crippen molar-refractivity contribution >= 4 is 39.7 Å². The molecule has 0 radical (unpaired) electrons. The molecular formula is C18H13NO4S. The molecule has 0 saturated heterocycles. The van der Waals surface area contributed by atoms with Gasteiger partial charge in [-0.1, -0.05) is 29.5 Å². The number of hydrogen-bond donors (Lipinski definition) is 1. The van der Waals surface area contributed by atoms with Crippen molar-refractivity contribution in [1.82, 2.24) is 0 Å². The molecule has 1 heterocycles. The number of rotatable bonds is 3. The van der Waals surface area contributed by atoms with Gasteiger partial charge in [0.2, 0.25) is 4.74 Å². The highest BCUT2D eigenvalue weighted by molar-refractivity contribution is 7.12. The van der Waals surface area contributed by atoms with E-state index < -0.39 is 5.97 Å². The smallest absolute Gasteiger partial charge is 0.337 e. The Hall–Kier alpha value is -2.99. The van der Waals surface area contributed by atoms with Crippen LogP contribution in [0.5, 0.6) is 0 Å². The normalized spacial score (nSPS) is 10.4. The third-order valence-electron chi connectivity index (χ3n) is 3.46. The van der Waals surface area contributed by atoms with E-state index >= 15 is 0 Å². The van der Waals surface area contributed by atoms with E-state index in [1.54, 1.807) is 48.5 Å². The third kappa shape index (κ3) is 3.18. The molecule has 0 unspecified atom stereocenters. The number of nitrogens with one attached hydrogen (secondary N) is 1. The monoisotopic (exact) mass is 339 g/mol. The van der Waals surface area contributed by atoms with Crippen molar-refractivity contribution in [2.75, 3.05) is 12.4 Å². The van der Waals surface area contributed by atoms with E-state index in [2.05, 4.69) is 10.1 Å². The summed E-state index contributed by atoms with van der Waals surface area (Å²) in [7, 11) is 1.31. The Balaban J connectivity index is 1.85. The number of carbonyl (C=O) groups excluding carboxylic acids is 2. The van der Waals surface area contributed by atoms with E-state index in [9.17, 15) is 14.4 Å². The molecule has 0 saturated carbocycles. The molecular weight excluding hydrogens is 326 g/mol. The van der Waals surface area contributed by atoms with Gasteiger partial charge in [0.05, 0.1) is 17.6 Å². The van der Waals surface area contributed by atoms with Crippen LogP contribution in [0.2, 0.25) is 0 Å². The first kappa shape index (κ1) is 15.9. The van der Waals surface area contributed by atoms with Crippen molar-refractivity contribution in [3.05, 3.63) is 74.6 Å². The molecule has 0 aliphatic heterocycles. The summed E-state index contributed by atoms with van der Waals surface area (Å²) in [5.74, 6) is -0.811. The van der Waals surface area contributed by atoms with Crippen molar-refractivity contribution in [2.24, 2.45) is 0 Å². The summed E-state index contributed by atoms with van der Waals surface area (Å²) >= 11 is 0.904. The highest BCUT2D eigenvalue weighted by atomic mass is 32.1. The van der Waals surface area contributed by atoms with Crippen LogP contribution in [0.25, 0.3) is 10.8 Å². The zero-order valence-electron chi connectivity index (χ0n) is 12.7. The van der Waals surface area contributed by atoms with Crippen LogP contribution in [0.15, 0.2) is 59.4 Å². The van der Waals surface area contributed by atoms with Crippen LogP contribution in [-0.2, 0) is 4.74 Å². The summed E-state index contributed by atoms with van der Waals surface area (Å²) in [6.07, 6.45) is 0. The molecule has 2 aromatic carbocycles. The van der Waals surface area contributed by atoms with Crippen LogP contribution in [0.3, 0.4) is 0 Å². The molecule has 1 aromatic heterocycles. The number of benzene rings is 2.